The van der Waals surface area contributed by atoms with Crippen LogP contribution in [0.3, 0.4) is 0 Å². The third kappa shape index (κ3) is 14.8. The number of hydrogen-bond acceptors (Lipinski definition) is 3. The Hall–Kier alpha value is -1.26. The van der Waals surface area contributed by atoms with Gasteiger partial charge in [-0.25, -0.2) is 4.79 Å². The van der Waals surface area contributed by atoms with Crippen molar-refractivity contribution in [1.82, 2.24) is 5.32 Å². The lowest BCUT2D eigenvalue weighted by Crippen LogP contribution is -2.21. The summed E-state index contributed by atoms with van der Waals surface area (Å²) < 4.78 is 5.12. The molecule has 0 atom stereocenters. The highest BCUT2D eigenvalue weighted by Crippen LogP contribution is 2.07. The molecule has 5 heteroatoms. The van der Waals surface area contributed by atoms with Gasteiger partial charge in [-0.15, -0.1) is 0 Å². The van der Waals surface area contributed by atoms with Crippen LogP contribution in [0.15, 0.2) is 0 Å². The van der Waals surface area contributed by atoms with Crippen LogP contribution in [-0.4, -0.2) is 30.3 Å². The molecule has 2 N–H and O–H groups in total. The van der Waals surface area contributed by atoms with Gasteiger partial charge < -0.3 is 15.2 Å². The first-order valence-electron chi connectivity index (χ1n) is 7.79. The number of nitrogens with one attached hydrogen (secondary N) is 1. The standard InChI is InChI=1S/C15H29NO4/c1-2-3-4-5-6-8-11-14(17)20-13-10-7-9-12-16-15(18)19/h16H,2-13H2,1H3,(H,18,19). The number of esters is 1. The Morgan fingerprint density at radius 2 is 1.60 bits per heavy atom. The molecule has 0 aliphatic heterocycles. The van der Waals surface area contributed by atoms with Crippen molar-refractivity contribution < 1.29 is 19.4 Å². The smallest absolute Gasteiger partial charge is 0.404 e. The Kier molecular flexibility index (Phi) is 13.3. The topological polar surface area (TPSA) is 75.6 Å². The molecule has 0 unspecified atom stereocenters. The average molecular weight is 287 g/mol. The highest BCUT2D eigenvalue weighted by molar-refractivity contribution is 5.69. The zero-order valence-corrected chi connectivity index (χ0v) is 12.7. The summed E-state index contributed by atoms with van der Waals surface area (Å²) in [5.74, 6) is -0.107. The van der Waals surface area contributed by atoms with Crippen LogP contribution in [0, 0.1) is 0 Å². The second-order valence-electron chi connectivity index (χ2n) is 5.03. The highest BCUT2D eigenvalue weighted by atomic mass is 16.5. The number of carbonyl (C=O) groups excluding carboxylic acids is 1. The van der Waals surface area contributed by atoms with E-state index in [-0.39, 0.29) is 5.97 Å². The van der Waals surface area contributed by atoms with Crippen molar-refractivity contribution in [3.05, 3.63) is 0 Å². The van der Waals surface area contributed by atoms with Crippen LogP contribution in [0.4, 0.5) is 4.79 Å². The van der Waals surface area contributed by atoms with Gasteiger partial charge in [-0.3, -0.25) is 4.79 Å². The molecule has 0 spiro atoms. The third-order valence-corrected chi connectivity index (χ3v) is 3.09. The molecular weight excluding hydrogens is 258 g/mol. The third-order valence-electron chi connectivity index (χ3n) is 3.09. The van der Waals surface area contributed by atoms with Crippen LogP contribution >= 0.6 is 0 Å². The fourth-order valence-electron chi connectivity index (χ4n) is 1.91. The molecule has 0 heterocycles. The predicted molar refractivity (Wildman–Crippen MR) is 78.8 cm³/mol. The summed E-state index contributed by atoms with van der Waals surface area (Å²) >= 11 is 0. The Morgan fingerprint density at radius 1 is 0.950 bits per heavy atom. The summed E-state index contributed by atoms with van der Waals surface area (Å²) in [7, 11) is 0. The molecule has 20 heavy (non-hydrogen) atoms. The van der Waals surface area contributed by atoms with Gasteiger partial charge in [-0.2, -0.15) is 0 Å². The summed E-state index contributed by atoms with van der Waals surface area (Å²) in [6.07, 6.45) is 8.98. The van der Waals surface area contributed by atoms with Gasteiger partial charge in [-0.05, 0) is 25.7 Å². The lowest BCUT2D eigenvalue weighted by Gasteiger charge is -2.05. The lowest BCUT2D eigenvalue weighted by molar-refractivity contribution is -0.143. The molecule has 0 aromatic heterocycles. The zero-order chi connectivity index (χ0) is 15.1. The number of carboxylic acid groups (broad SMARTS) is 1. The summed E-state index contributed by atoms with van der Waals surface area (Å²) in [5.41, 5.74) is 0. The van der Waals surface area contributed by atoms with Crippen LogP contribution in [0.1, 0.15) is 71.1 Å². The molecule has 0 aromatic rings. The minimum Gasteiger partial charge on any atom is -0.466 e. The summed E-state index contributed by atoms with van der Waals surface area (Å²) in [4.78, 5) is 21.6. The Morgan fingerprint density at radius 3 is 2.30 bits per heavy atom. The van der Waals surface area contributed by atoms with Crippen molar-refractivity contribution in [1.29, 1.82) is 0 Å². The van der Waals surface area contributed by atoms with Crippen molar-refractivity contribution in [2.75, 3.05) is 13.2 Å². The number of hydrogen-bond donors (Lipinski definition) is 2. The molecule has 1 amide bonds. The molecule has 0 rings (SSSR count). The average Bonchev–Trinajstić information content (AvgIpc) is 2.41. The van der Waals surface area contributed by atoms with E-state index >= 15 is 0 Å². The van der Waals surface area contributed by atoms with E-state index < -0.39 is 6.09 Å². The minimum absolute atomic E-state index is 0.107. The molecule has 0 aromatic carbocycles. The second-order valence-corrected chi connectivity index (χ2v) is 5.03. The molecule has 0 fully saturated rings. The fourth-order valence-corrected chi connectivity index (χ4v) is 1.91. The monoisotopic (exact) mass is 287 g/mol. The first kappa shape index (κ1) is 18.7. The van der Waals surface area contributed by atoms with Gasteiger partial charge in [0.05, 0.1) is 6.61 Å². The maximum Gasteiger partial charge on any atom is 0.404 e. The largest absolute Gasteiger partial charge is 0.466 e. The van der Waals surface area contributed by atoms with Crippen molar-refractivity contribution >= 4 is 12.1 Å². The number of unbranched alkanes of at least 4 members (excludes halogenated alkanes) is 7. The number of ether oxygens (including phenoxy) is 1. The minimum atomic E-state index is -0.990. The normalized spacial score (nSPS) is 10.2. The van der Waals surface area contributed by atoms with Gasteiger partial charge in [-0.1, -0.05) is 39.0 Å². The van der Waals surface area contributed by atoms with E-state index in [9.17, 15) is 9.59 Å². The van der Waals surface area contributed by atoms with Crippen LogP contribution in [0.5, 0.6) is 0 Å². The Bertz CT molecular complexity index is 256. The van der Waals surface area contributed by atoms with E-state index in [0.29, 0.717) is 19.6 Å². The first-order chi connectivity index (χ1) is 9.66. The molecule has 0 aliphatic carbocycles. The van der Waals surface area contributed by atoms with E-state index in [4.69, 9.17) is 9.84 Å². The SMILES string of the molecule is CCCCCCCCC(=O)OCCCCCNC(=O)O. The van der Waals surface area contributed by atoms with E-state index in [2.05, 4.69) is 12.2 Å². The fraction of sp³-hybridized carbons (Fsp3) is 0.867. The van der Waals surface area contributed by atoms with Crippen LogP contribution in [-0.2, 0) is 9.53 Å². The van der Waals surface area contributed by atoms with Crippen LogP contribution in [0.25, 0.3) is 0 Å². The molecule has 0 bridgehead atoms. The van der Waals surface area contributed by atoms with E-state index in [1.165, 1.54) is 25.7 Å². The lowest BCUT2D eigenvalue weighted by atomic mass is 10.1. The van der Waals surface area contributed by atoms with Gasteiger partial charge in [0.25, 0.3) is 0 Å². The first-order valence-corrected chi connectivity index (χ1v) is 7.79. The van der Waals surface area contributed by atoms with Gasteiger partial charge in [0, 0.05) is 13.0 Å². The molecular formula is C15H29NO4. The maximum atomic E-state index is 11.4. The van der Waals surface area contributed by atoms with Crippen LogP contribution < -0.4 is 5.32 Å². The molecule has 0 aliphatic rings. The van der Waals surface area contributed by atoms with Gasteiger partial charge in [0.1, 0.15) is 0 Å². The van der Waals surface area contributed by atoms with Crippen molar-refractivity contribution in [2.24, 2.45) is 0 Å². The molecule has 0 saturated carbocycles. The molecule has 0 radical (unpaired) electrons. The maximum absolute atomic E-state index is 11.4. The van der Waals surface area contributed by atoms with Gasteiger partial charge in [0.15, 0.2) is 0 Å². The zero-order valence-electron chi connectivity index (χ0n) is 12.7. The van der Waals surface area contributed by atoms with Crippen molar-refractivity contribution in [2.45, 2.75) is 71.1 Å². The van der Waals surface area contributed by atoms with E-state index in [1.807, 2.05) is 0 Å². The van der Waals surface area contributed by atoms with Crippen molar-refractivity contribution in [3.8, 4) is 0 Å². The summed E-state index contributed by atoms with van der Waals surface area (Å²) in [6, 6.07) is 0. The Labute approximate surface area is 122 Å². The Balaban J connectivity index is 3.18. The highest BCUT2D eigenvalue weighted by Gasteiger charge is 2.02. The predicted octanol–water partition coefficient (Wildman–Crippen LogP) is 3.72. The summed E-state index contributed by atoms with van der Waals surface area (Å²) in [6.45, 7) is 3.10. The van der Waals surface area contributed by atoms with Gasteiger partial charge >= 0.3 is 12.1 Å². The van der Waals surface area contributed by atoms with Gasteiger partial charge in [0.2, 0.25) is 0 Å². The quantitative estimate of drug-likeness (QED) is 0.400. The molecule has 118 valence electrons. The van der Waals surface area contributed by atoms with Crippen LogP contribution in [0.2, 0.25) is 0 Å². The molecule has 5 nitrogen and oxygen atoms in total. The second kappa shape index (κ2) is 14.2. The van der Waals surface area contributed by atoms with E-state index in [1.54, 1.807) is 0 Å². The number of amides is 1. The number of rotatable bonds is 13. The molecule has 0 saturated heterocycles. The van der Waals surface area contributed by atoms with Crippen molar-refractivity contribution in [3.63, 3.8) is 0 Å². The number of carbonyl (C=O) groups is 2. The summed E-state index contributed by atoms with van der Waals surface area (Å²) in [5, 5.41) is 10.7. The van der Waals surface area contributed by atoms with E-state index in [0.717, 1.165) is 32.1 Å².